The standard InChI is InChI=1S/C15H24N2OS/c1-11-9-14(13(3)19-11)12(2)16-10-15(18)17-7-5-4-6-8-17/h9,12,16H,4-8,10H2,1-3H3. The minimum atomic E-state index is 0.246. The highest BCUT2D eigenvalue weighted by atomic mass is 32.1. The second-order valence-corrected chi connectivity index (χ2v) is 6.87. The van der Waals surface area contributed by atoms with E-state index >= 15 is 0 Å². The van der Waals surface area contributed by atoms with Gasteiger partial charge in [0, 0.05) is 28.9 Å². The van der Waals surface area contributed by atoms with Gasteiger partial charge >= 0.3 is 0 Å². The Morgan fingerprint density at radius 1 is 1.37 bits per heavy atom. The molecular formula is C15H24N2OS. The molecule has 2 heterocycles. The molecule has 1 aliphatic heterocycles. The van der Waals surface area contributed by atoms with Crippen LogP contribution in [0.15, 0.2) is 6.07 Å². The Morgan fingerprint density at radius 2 is 2.05 bits per heavy atom. The van der Waals surface area contributed by atoms with E-state index in [1.807, 2.05) is 16.2 Å². The van der Waals surface area contributed by atoms with Crippen LogP contribution < -0.4 is 5.32 Å². The van der Waals surface area contributed by atoms with Gasteiger partial charge in [-0.25, -0.2) is 0 Å². The number of nitrogens with one attached hydrogen (secondary N) is 1. The molecule has 0 aliphatic carbocycles. The largest absolute Gasteiger partial charge is 0.342 e. The van der Waals surface area contributed by atoms with E-state index in [1.54, 1.807) is 0 Å². The zero-order valence-electron chi connectivity index (χ0n) is 12.2. The molecule has 0 spiro atoms. The summed E-state index contributed by atoms with van der Waals surface area (Å²) in [5.74, 6) is 0.246. The Morgan fingerprint density at radius 3 is 2.63 bits per heavy atom. The van der Waals surface area contributed by atoms with Gasteiger partial charge < -0.3 is 10.2 Å². The monoisotopic (exact) mass is 280 g/mol. The van der Waals surface area contributed by atoms with Gasteiger partial charge in [-0.1, -0.05) is 0 Å². The van der Waals surface area contributed by atoms with E-state index in [1.165, 1.54) is 21.7 Å². The van der Waals surface area contributed by atoms with E-state index in [0.29, 0.717) is 6.54 Å². The molecule has 1 aliphatic rings. The molecule has 19 heavy (non-hydrogen) atoms. The van der Waals surface area contributed by atoms with Crippen LogP contribution in [0.25, 0.3) is 0 Å². The van der Waals surface area contributed by atoms with E-state index in [2.05, 4.69) is 32.2 Å². The maximum Gasteiger partial charge on any atom is 0.236 e. The van der Waals surface area contributed by atoms with E-state index in [-0.39, 0.29) is 11.9 Å². The molecule has 0 aromatic carbocycles. The first kappa shape index (κ1) is 14.5. The van der Waals surface area contributed by atoms with Crippen LogP contribution in [0.5, 0.6) is 0 Å². The van der Waals surface area contributed by atoms with Crippen LogP contribution in [-0.4, -0.2) is 30.4 Å². The summed E-state index contributed by atoms with van der Waals surface area (Å²) in [5, 5.41) is 3.37. The highest BCUT2D eigenvalue weighted by Crippen LogP contribution is 2.25. The first-order chi connectivity index (χ1) is 9.08. The lowest BCUT2D eigenvalue weighted by atomic mass is 10.1. The van der Waals surface area contributed by atoms with Crippen LogP contribution in [0, 0.1) is 13.8 Å². The molecule has 1 aromatic rings. The number of amides is 1. The van der Waals surface area contributed by atoms with Crippen LogP contribution in [0.2, 0.25) is 0 Å². The quantitative estimate of drug-likeness (QED) is 0.919. The first-order valence-corrected chi connectivity index (χ1v) is 7.97. The van der Waals surface area contributed by atoms with Gasteiger partial charge in [-0.3, -0.25) is 4.79 Å². The zero-order chi connectivity index (χ0) is 13.8. The summed E-state index contributed by atoms with van der Waals surface area (Å²) < 4.78 is 0. The third-order valence-corrected chi connectivity index (χ3v) is 4.80. The summed E-state index contributed by atoms with van der Waals surface area (Å²) in [5.41, 5.74) is 1.33. The third kappa shape index (κ3) is 3.80. The number of piperidine rings is 1. The molecule has 106 valence electrons. The van der Waals surface area contributed by atoms with Crippen molar-refractivity contribution < 1.29 is 4.79 Å². The van der Waals surface area contributed by atoms with Gasteiger partial charge in [0.05, 0.1) is 6.54 Å². The van der Waals surface area contributed by atoms with Crippen molar-refractivity contribution in [2.45, 2.75) is 46.1 Å². The Balaban J connectivity index is 1.84. The molecule has 1 unspecified atom stereocenters. The summed E-state index contributed by atoms with van der Waals surface area (Å²) in [4.78, 5) is 16.8. The summed E-state index contributed by atoms with van der Waals surface area (Å²) >= 11 is 1.82. The predicted octanol–water partition coefficient (Wildman–Crippen LogP) is 3.03. The number of aryl methyl sites for hydroxylation is 2. The average Bonchev–Trinajstić information content (AvgIpc) is 2.75. The topological polar surface area (TPSA) is 32.3 Å². The lowest BCUT2D eigenvalue weighted by molar-refractivity contribution is -0.131. The molecule has 0 bridgehead atoms. The van der Waals surface area contributed by atoms with Crippen LogP contribution in [-0.2, 0) is 4.79 Å². The highest BCUT2D eigenvalue weighted by molar-refractivity contribution is 7.12. The van der Waals surface area contributed by atoms with Crippen molar-refractivity contribution >= 4 is 17.2 Å². The Hall–Kier alpha value is -0.870. The number of carbonyl (C=O) groups excluding carboxylic acids is 1. The summed E-state index contributed by atoms with van der Waals surface area (Å²) in [6, 6.07) is 2.47. The van der Waals surface area contributed by atoms with Crippen molar-refractivity contribution in [3.8, 4) is 0 Å². The number of carbonyl (C=O) groups is 1. The van der Waals surface area contributed by atoms with Gasteiger partial charge in [-0.15, -0.1) is 11.3 Å². The van der Waals surface area contributed by atoms with Crippen molar-refractivity contribution in [2.75, 3.05) is 19.6 Å². The third-order valence-electron chi connectivity index (χ3n) is 3.81. The van der Waals surface area contributed by atoms with Gasteiger partial charge in [-0.05, 0) is 51.7 Å². The number of hydrogen-bond acceptors (Lipinski definition) is 3. The highest BCUT2D eigenvalue weighted by Gasteiger charge is 2.18. The molecule has 0 radical (unpaired) electrons. The Labute approximate surface area is 120 Å². The number of likely N-dealkylation sites (tertiary alicyclic amines) is 1. The molecular weight excluding hydrogens is 256 g/mol. The van der Waals surface area contributed by atoms with E-state index in [9.17, 15) is 4.79 Å². The molecule has 0 saturated carbocycles. The van der Waals surface area contributed by atoms with Gasteiger partial charge in [-0.2, -0.15) is 0 Å². The minimum Gasteiger partial charge on any atom is -0.342 e. The fourth-order valence-electron chi connectivity index (χ4n) is 2.69. The van der Waals surface area contributed by atoms with E-state index in [4.69, 9.17) is 0 Å². The van der Waals surface area contributed by atoms with Crippen LogP contribution in [0.4, 0.5) is 0 Å². The molecule has 1 fully saturated rings. The van der Waals surface area contributed by atoms with Gasteiger partial charge in [0.2, 0.25) is 5.91 Å². The second-order valence-electron chi connectivity index (χ2n) is 5.41. The molecule has 1 N–H and O–H groups in total. The Kier molecular flexibility index (Phi) is 4.99. The summed E-state index contributed by atoms with van der Waals surface area (Å²) in [6.45, 7) is 8.74. The van der Waals surface area contributed by atoms with E-state index < -0.39 is 0 Å². The Bertz CT molecular complexity index is 435. The smallest absolute Gasteiger partial charge is 0.236 e. The number of thiophene rings is 1. The number of rotatable bonds is 4. The second kappa shape index (κ2) is 6.53. The van der Waals surface area contributed by atoms with Crippen molar-refractivity contribution in [1.82, 2.24) is 10.2 Å². The molecule has 1 amide bonds. The van der Waals surface area contributed by atoms with Gasteiger partial charge in [0.15, 0.2) is 0 Å². The summed E-state index contributed by atoms with van der Waals surface area (Å²) in [7, 11) is 0. The molecule has 1 atom stereocenters. The van der Waals surface area contributed by atoms with Crippen LogP contribution >= 0.6 is 11.3 Å². The molecule has 1 aromatic heterocycles. The maximum atomic E-state index is 12.1. The lowest BCUT2D eigenvalue weighted by Crippen LogP contribution is -2.41. The fourth-order valence-corrected chi connectivity index (χ4v) is 3.71. The van der Waals surface area contributed by atoms with Crippen LogP contribution in [0.1, 0.15) is 47.5 Å². The van der Waals surface area contributed by atoms with Crippen molar-refractivity contribution in [3.63, 3.8) is 0 Å². The van der Waals surface area contributed by atoms with Crippen molar-refractivity contribution in [1.29, 1.82) is 0 Å². The van der Waals surface area contributed by atoms with Gasteiger partial charge in [0.1, 0.15) is 0 Å². The van der Waals surface area contributed by atoms with E-state index in [0.717, 1.165) is 25.9 Å². The molecule has 2 rings (SSSR count). The SMILES string of the molecule is Cc1cc(C(C)NCC(=O)N2CCCCC2)c(C)s1. The molecule has 3 nitrogen and oxygen atoms in total. The van der Waals surface area contributed by atoms with Crippen molar-refractivity contribution in [3.05, 3.63) is 21.4 Å². The molecule has 4 heteroatoms. The minimum absolute atomic E-state index is 0.246. The molecule has 1 saturated heterocycles. The summed E-state index contributed by atoms with van der Waals surface area (Å²) in [6.07, 6.45) is 3.58. The average molecular weight is 280 g/mol. The lowest BCUT2D eigenvalue weighted by Gasteiger charge is -2.27. The van der Waals surface area contributed by atoms with Crippen LogP contribution in [0.3, 0.4) is 0 Å². The van der Waals surface area contributed by atoms with Crippen molar-refractivity contribution in [2.24, 2.45) is 0 Å². The first-order valence-electron chi connectivity index (χ1n) is 7.16. The fraction of sp³-hybridized carbons (Fsp3) is 0.667. The number of nitrogens with zero attached hydrogens (tertiary/aromatic N) is 1. The maximum absolute atomic E-state index is 12.1. The zero-order valence-corrected chi connectivity index (χ0v) is 13.0. The normalized spacial score (nSPS) is 17.5. The predicted molar refractivity (Wildman–Crippen MR) is 80.6 cm³/mol. The van der Waals surface area contributed by atoms with Gasteiger partial charge in [0.25, 0.3) is 0 Å². The number of hydrogen-bond donors (Lipinski definition) is 1.